The van der Waals surface area contributed by atoms with E-state index in [9.17, 15) is 9.59 Å². The minimum absolute atomic E-state index is 0.0315. The third kappa shape index (κ3) is 5.98. The lowest BCUT2D eigenvalue weighted by molar-refractivity contribution is 0.0751. The molecule has 0 aliphatic rings. The fraction of sp³-hybridized carbons (Fsp3) is 0.296. The van der Waals surface area contributed by atoms with Gasteiger partial charge >= 0.3 is 0 Å². The number of rotatable bonds is 8. The summed E-state index contributed by atoms with van der Waals surface area (Å²) < 4.78 is 6.02. The summed E-state index contributed by atoms with van der Waals surface area (Å²) in [6, 6.07) is 15.0. The normalized spacial score (nSPS) is 10.6. The van der Waals surface area contributed by atoms with Crippen LogP contribution >= 0.6 is 0 Å². The van der Waals surface area contributed by atoms with Crippen molar-refractivity contribution in [1.82, 2.24) is 14.8 Å². The minimum atomic E-state index is -0.0400. The summed E-state index contributed by atoms with van der Waals surface area (Å²) in [5.74, 6) is 0.720. The molecule has 0 bridgehead atoms. The number of hydrogen-bond donors (Lipinski definition) is 0. The number of benzene rings is 2. The molecule has 0 N–H and O–H groups in total. The van der Waals surface area contributed by atoms with Crippen molar-refractivity contribution in [3.8, 4) is 5.75 Å². The molecular weight excluding hydrogens is 414 g/mol. The largest absolute Gasteiger partial charge is 0.488 e. The fourth-order valence-corrected chi connectivity index (χ4v) is 3.68. The summed E-state index contributed by atoms with van der Waals surface area (Å²) in [4.78, 5) is 32.8. The van der Waals surface area contributed by atoms with E-state index in [0.29, 0.717) is 30.8 Å². The van der Waals surface area contributed by atoms with E-state index >= 15 is 0 Å². The van der Waals surface area contributed by atoms with Crippen LogP contribution in [0.5, 0.6) is 5.75 Å². The third-order valence-electron chi connectivity index (χ3n) is 5.46. The van der Waals surface area contributed by atoms with Crippen molar-refractivity contribution < 1.29 is 14.3 Å². The monoisotopic (exact) mass is 445 g/mol. The van der Waals surface area contributed by atoms with Crippen molar-refractivity contribution in [3.05, 3.63) is 94.3 Å². The van der Waals surface area contributed by atoms with Gasteiger partial charge in [0.25, 0.3) is 11.8 Å². The average Bonchev–Trinajstić information content (AvgIpc) is 2.82. The molecule has 3 rings (SSSR count). The van der Waals surface area contributed by atoms with Crippen LogP contribution in [-0.2, 0) is 13.2 Å². The quantitative estimate of drug-likeness (QED) is 0.507. The first-order chi connectivity index (χ1) is 15.8. The van der Waals surface area contributed by atoms with Crippen molar-refractivity contribution in [2.75, 3.05) is 20.6 Å². The lowest BCUT2D eigenvalue weighted by Gasteiger charge is -2.22. The van der Waals surface area contributed by atoms with Crippen molar-refractivity contribution in [3.63, 3.8) is 0 Å². The molecule has 2 amide bonds. The fourth-order valence-electron chi connectivity index (χ4n) is 3.68. The summed E-state index contributed by atoms with van der Waals surface area (Å²) >= 11 is 0. The van der Waals surface area contributed by atoms with E-state index in [-0.39, 0.29) is 11.8 Å². The number of carbonyl (C=O) groups is 2. The standard InChI is InChI=1S/C27H31N3O3/c1-6-30(17-21-9-11-23(12-10-21)26(31)29(4)5)27(32)24-14-19(2)25(20(3)15-24)33-18-22-8-7-13-28-16-22/h7-16H,6,17-18H2,1-5H3. The van der Waals surface area contributed by atoms with Crippen molar-refractivity contribution in [1.29, 1.82) is 0 Å². The van der Waals surface area contributed by atoms with Gasteiger partial charge in [-0.1, -0.05) is 18.2 Å². The minimum Gasteiger partial charge on any atom is -0.488 e. The van der Waals surface area contributed by atoms with Gasteiger partial charge in [-0.15, -0.1) is 0 Å². The van der Waals surface area contributed by atoms with Crippen LogP contribution in [0.3, 0.4) is 0 Å². The first kappa shape index (κ1) is 24.0. The van der Waals surface area contributed by atoms with Crippen LogP contribution in [0.4, 0.5) is 0 Å². The zero-order valence-electron chi connectivity index (χ0n) is 20.0. The zero-order chi connectivity index (χ0) is 24.0. The molecule has 0 saturated carbocycles. The van der Waals surface area contributed by atoms with Gasteiger partial charge in [0, 0.05) is 56.3 Å². The highest BCUT2D eigenvalue weighted by Gasteiger charge is 2.18. The van der Waals surface area contributed by atoms with Gasteiger partial charge in [-0.2, -0.15) is 0 Å². The molecule has 33 heavy (non-hydrogen) atoms. The van der Waals surface area contributed by atoms with E-state index in [2.05, 4.69) is 4.98 Å². The lowest BCUT2D eigenvalue weighted by Crippen LogP contribution is -2.30. The van der Waals surface area contributed by atoms with Crippen LogP contribution in [0.1, 0.15) is 49.9 Å². The maximum absolute atomic E-state index is 13.3. The maximum atomic E-state index is 13.3. The Morgan fingerprint density at radius 1 is 0.909 bits per heavy atom. The molecule has 3 aromatic rings. The van der Waals surface area contributed by atoms with Crippen LogP contribution in [-0.4, -0.2) is 47.2 Å². The number of aryl methyl sites for hydroxylation is 2. The number of nitrogens with zero attached hydrogens (tertiary/aromatic N) is 3. The summed E-state index contributed by atoms with van der Waals surface area (Å²) in [6.07, 6.45) is 3.52. The van der Waals surface area contributed by atoms with Gasteiger partial charge in [-0.25, -0.2) is 0 Å². The number of carbonyl (C=O) groups excluding carboxylic acids is 2. The summed E-state index contributed by atoms with van der Waals surface area (Å²) in [5.41, 5.74) is 5.08. The molecule has 1 aromatic heterocycles. The van der Waals surface area contributed by atoms with Gasteiger partial charge in [0.05, 0.1) is 0 Å². The Kier molecular flexibility index (Phi) is 7.83. The highest BCUT2D eigenvalue weighted by Crippen LogP contribution is 2.27. The van der Waals surface area contributed by atoms with E-state index in [1.807, 2.05) is 57.2 Å². The predicted octanol–water partition coefficient (Wildman–Crippen LogP) is 4.64. The Hall–Kier alpha value is -3.67. The van der Waals surface area contributed by atoms with E-state index < -0.39 is 0 Å². The molecule has 0 unspecified atom stereocenters. The molecular formula is C27H31N3O3. The molecule has 6 heteroatoms. The highest BCUT2D eigenvalue weighted by molar-refractivity contribution is 5.95. The highest BCUT2D eigenvalue weighted by atomic mass is 16.5. The van der Waals surface area contributed by atoms with Gasteiger partial charge in [0.2, 0.25) is 0 Å². The van der Waals surface area contributed by atoms with E-state index in [1.165, 1.54) is 0 Å². The van der Waals surface area contributed by atoms with Crippen molar-refractivity contribution in [2.24, 2.45) is 0 Å². The topological polar surface area (TPSA) is 62.7 Å². The van der Waals surface area contributed by atoms with E-state index in [1.54, 1.807) is 48.4 Å². The van der Waals surface area contributed by atoms with Crippen molar-refractivity contribution in [2.45, 2.75) is 33.9 Å². The first-order valence-electron chi connectivity index (χ1n) is 11.0. The summed E-state index contributed by atoms with van der Waals surface area (Å²) in [5, 5.41) is 0. The van der Waals surface area contributed by atoms with Gasteiger partial charge in [-0.3, -0.25) is 14.6 Å². The van der Waals surface area contributed by atoms with Gasteiger partial charge in [-0.05, 0) is 67.8 Å². The number of aromatic nitrogens is 1. The van der Waals surface area contributed by atoms with Crippen LogP contribution in [0.25, 0.3) is 0 Å². The molecule has 0 radical (unpaired) electrons. The molecule has 0 fully saturated rings. The molecule has 0 saturated heterocycles. The van der Waals surface area contributed by atoms with Crippen LogP contribution in [0.15, 0.2) is 60.9 Å². The lowest BCUT2D eigenvalue weighted by atomic mass is 10.0. The number of amides is 2. The Balaban J connectivity index is 1.72. The van der Waals surface area contributed by atoms with E-state index in [4.69, 9.17) is 4.74 Å². The van der Waals surface area contributed by atoms with Gasteiger partial charge in [0.15, 0.2) is 0 Å². The Bertz CT molecular complexity index is 1090. The molecule has 1 heterocycles. The van der Waals surface area contributed by atoms with Gasteiger partial charge < -0.3 is 14.5 Å². The SMILES string of the molecule is CCN(Cc1ccc(C(=O)N(C)C)cc1)C(=O)c1cc(C)c(OCc2cccnc2)c(C)c1. The molecule has 2 aromatic carbocycles. The number of pyridine rings is 1. The Morgan fingerprint density at radius 2 is 1.58 bits per heavy atom. The summed E-state index contributed by atoms with van der Waals surface area (Å²) in [7, 11) is 3.46. The Labute approximate surface area is 195 Å². The van der Waals surface area contributed by atoms with Gasteiger partial charge in [0.1, 0.15) is 12.4 Å². The average molecular weight is 446 g/mol. The smallest absolute Gasteiger partial charge is 0.254 e. The third-order valence-corrected chi connectivity index (χ3v) is 5.46. The number of hydrogen-bond acceptors (Lipinski definition) is 4. The number of ether oxygens (including phenoxy) is 1. The molecule has 6 nitrogen and oxygen atoms in total. The molecule has 0 spiro atoms. The molecule has 172 valence electrons. The zero-order valence-corrected chi connectivity index (χ0v) is 20.0. The molecule has 0 aliphatic heterocycles. The maximum Gasteiger partial charge on any atom is 0.254 e. The van der Waals surface area contributed by atoms with E-state index in [0.717, 1.165) is 28.0 Å². The predicted molar refractivity (Wildman–Crippen MR) is 129 cm³/mol. The molecule has 0 atom stereocenters. The summed E-state index contributed by atoms with van der Waals surface area (Å²) in [6.45, 7) is 7.36. The van der Waals surface area contributed by atoms with Crippen LogP contribution in [0, 0.1) is 13.8 Å². The second-order valence-electron chi connectivity index (χ2n) is 8.30. The van der Waals surface area contributed by atoms with Crippen LogP contribution in [0.2, 0.25) is 0 Å². The Morgan fingerprint density at radius 3 is 2.12 bits per heavy atom. The van der Waals surface area contributed by atoms with Crippen LogP contribution < -0.4 is 4.74 Å². The second-order valence-corrected chi connectivity index (χ2v) is 8.30. The van der Waals surface area contributed by atoms with Crippen molar-refractivity contribution >= 4 is 11.8 Å². The molecule has 0 aliphatic carbocycles. The first-order valence-corrected chi connectivity index (χ1v) is 11.0. The second kappa shape index (κ2) is 10.8.